The number of aryl methyl sites for hydroxylation is 1. The molecule has 2 aromatic rings. The molecule has 0 radical (unpaired) electrons. The van der Waals surface area contributed by atoms with Crippen LogP contribution in [0.5, 0.6) is 0 Å². The van der Waals surface area contributed by atoms with Gasteiger partial charge >= 0.3 is 0 Å². The summed E-state index contributed by atoms with van der Waals surface area (Å²) in [6.45, 7) is 4.65. The maximum absolute atomic E-state index is 12.6. The number of nitrogens with one attached hydrogen (secondary N) is 1. The second kappa shape index (κ2) is 8.35. The topological polar surface area (TPSA) is 32.3 Å². The number of anilines is 1. The normalized spacial score (nSPS) is 18.1. The largest absolute Gasteiger partial charge is 0.326 e. The fraction of sp³-hybridized carbons (Fsp3) is 0.350. The van der Waals surface area contributed by atoms with Gasteiger partial charge in [-0.15, -0.1) is 0 Å². The molecular weight excluding hydrogens is 400 g/mol. The fourth-order valence-electron chi connectivity index (χ4n) is 3.22. The van der Waals surface area contributed by atoms with Crippen LogP contribution >= 0.6 is 27.5 Å². The minimum absolute atomic E-state index is 0.0148. The predicted octanol–water partition coefficient (Wildman–Crippen LogP) is 5.26. The lowest BCUT2D eigenvalue weighted by atomic mass is 9.96. The van der Waals surface area contributed by atoms with Gasteiger partial charge in [-0.1, -0.05) is 45.7 Å². The Kier molecular flexibility index (Phi) is 6.15. The Bertz CT molecular complexity index is 765. The van der Waals surface area contributed by atoms with E-state index >= 15 is 0 Å². The van der Waals surface area contributed by atoms with Crippen LogP contribution in [-0.2, 0) is 11.3 Å². The second-order valence-electron chi connectivity index (χ2n) is 6.66. The third-order valence-corrected chi connectivity index (χ3v) is 5.51. The summed E-state index contributed by atoms with van der Waals surface area (Å²) in [6, 6.07) is 14.0. The van der Waals surface area contributed by atoms with E-state index in [9.17, 15) is 4.79 Å². The van der Waals surface area contributed by atoms with E-state index in [0.29, 0.717) is 5.02 Å². The zero-order chi connectivity index (χ0) is 17.8. The van der Waals surface area contributed by atoms with E-state index in [1.807, 2.05) is 31.2 Å². The lowest BCUT2D eigenvalue weighted by Gasteiger charge is -2.32. The van der Waals surface area contributed by atoms with Crippen LogP contribution in [0.25, 0.3) is 0 Å². The Balaban J connectivity index is 1.60. The summed E-state index contributed by atoms with van der Waals surface area (Å²) in [5, 5.41) is 3.69. The van der Waals surface area contributed by atoms with E-state index in [4.69, 9.17) is 11.6 Å². The lowest BCUT2D eigenvalue weighted by molar-refractivity contribution is -0.121. The number of carbonyl (C=O) groups excluding carboxylic acids is 1. The lowest BCUT2D eigenvalue weighted by Crippen LogP contribution is -2.40. The van der Waals surface area contributed by atoms with Crippen molar-refractivity contribution in [3.05, 3.63) is 63.1 Å². The summed E-state index contributed by atoms with van der Waals surface area (Å²) in [5.74, 6) is 0.0971. The van der Waals surface area contributed by atoms with E-state index in [2.05, 4.69) is 44.3 Å². The summed E-state index contributed by atoms with van der Waals surface area (Å²) in [4.78, 5) is 15.0. The first-order valence-electron chi connectivity index (χ1n) is 8.55. The molecule has 1 aliphatic rings. The molecule has 1 amide bonds. The van der Waals surface area contributed by atoms with Gasteiger partial charge in [-0.25, -0.2) is 0 Å². The first-order valence-corrected chi connectivity index (χ1v) is 9.72. The van der Waals surface area contributed by atoms with Gasteiger partial charge < -0.3 is 5.32 Å². The van der Waals surface area contributed by atoms with Crippen LogP contribution in [0, 0.1) is 12.8 Å². The molecule has 0 saturated carbocycles. The fourth-order valence-corrected chi connectivity index (χ4v) is 3.85. The van der Waals surface area contributed by atoms with Crippen LogP contribution in [0.15, 0.2) is 46.9 Å². The summed E-state index contributed by atoms with van der Waals surface area (Å²) >= 11 is 9.66. The first-order chi connectivity index (χ1) is 12.0. The molecule has 1 atom stereocenters. The number of hydrogen-bond acceptors (Lipinski definition) is 2. The van der Waals surface area contributed by atoms with Crippen molar-refractivity contribution in [2.45, 2.75) is 26.3 Å². The van der Waals surface area contributed by atoms with Crippen LogP contribution in [0.1, 0.15) is 24.0 Å². The Morgan fingerprint density at radius 3 is 2.92 bits per heavy atom. The minimum Gasteiger partial charge on any atom is -0.326 e. The van der Waals surface area contributed by atoms with Crippen molar-refractivity contribution in [2.75, 3.05) is 18.4 Å². The second-order valence-corrected chi connectivity index (χ2v) is 7.98. The number of halogens is 2. The summed E-state index contributed by atoms with van der Waals surface area (Å²) in [6.07, 6.45) is 1.97. The van der Waals surface area contributed by atoms with Gasteiger partial charge in [-0.05, 0) is 61.7 Å². The van der Waals surface area contributed by atoms with Crippen molar-refractivity contribution >= 4 is 39.1 Å². The van der Waals surface area contributed by atoms with E-state index in [1.165, 1.54) is 5.56 Å². The predicted molar refractivity (Wildman–Crippen MR) is 107 cm³/mol. The van der Waals surface area contributed by atoms with E-state index < -0.39 is 0 Å². The number of benzene rings is 2. The first kappa shape index (κ1) is 18.4. The van der Waals surface area contributed by atoms with Gasteiger partial charge in [0.2, 0.25) is 5.91 Å². The molecule has 5 heteroatoms. The molecule has 2 aromatic carbocycles. The molecule has 1 fully saturated rings. The average molecular weight is 422 g/mol. The van der Waals surface area contributed by atoms with Crippen LogP contribution in [-0.4, -0.2) is 23.9 Å². The Morgan fingerprint density at radius 2 is 2.16 bits per heavy atom. The molecule has 1 unspecified atom stereocenters. The summed E-state index contributed by atoms with van der Waals surface area (Å²) in [7, 11) is 0. The van der Waals surface area contributed by atoms with Gasteiger partial charge in [-0.3, -0.25) is 9.69 Å². The number of hydrogen-bond donors (Lipinski definition) is 1. The van der Waals surface area contributed by atoms with Crippen LogP contribution in [0.2, 0.25) is 5.02 Å². The maximum Gasteiger partial charge on any atom is 0.228 e. The van der Waals surface area contributed by atoms with Crippen molar-refractivity contribution in [1.82, 2.24) is 4.90 Å². The maximum atomic E-state index is 12.6. The summed E-state index contributed by atoms with van der Waals surface area (Å²) in [5.41, 5.74) is 3.04. The Morgan fingerprint density at radius 1 is 1.32 bits per heavy atom. The molecule has 0 aliphatic carbocycles. The number of carbonyl (C=O) groups is 1. The highest BCUT2D eigenvalue weighted by molar-refractivity contribution is 9.10. The number of rotatable bonds is 4. The summed E-state index contributed by atoms with van der Waals surface area (Å²) < 4.78 is 1.09. The Labute approximate surface area is 162 Å². The molecule has 1 aliphatic heterocycles. The molecule has 1 heterocycles. The highest BCUT2D eigenvalue weighted by Crippen LogP contribution is 2.24. The Hall–Kier alpha value is -1.36. The highest BCUT2D eigenvalue weighted by Gasteiger charge is 2.26. The van der Waals surface area contributed by atoms with Gasteiger partial charge in [0.1, 0.15) is 0 Å². The van der Waals surface area contributed by atoms with Crippen molar-refractivity contribution in [1.29, 1.82) is 0 Å². The van der Waals surface area contributed by atoms with Gasteiger partial charge in [0.25, 0.3) is 0 Å². The highest BCUT2D eigenvalue weighted by atomic mass is 79.9. The molecule has 25 heavy (non-hydrogen) atoms. The number of likely N-dealkylation sites (tertiary alicyclic amines) is 1. The standard InChI is InChI=1S/C20H22BrClN2O/c1-14-7-8-18(11-19(14)22)23-20(25)16-5-3-9-24(13-16)12-15-4-2-6-17(21)10-15/h2,4,6-8,10-11,16H,3,5,9,12-13H2,1H3,(H,23,25). The minimum atomic E-state index is 0.0148. The quantitative estimate of drug-likeness (QED) is 0.730. The van der Waals surface area contributed by atoms with Crippen LogP contribution < -0.4 is 5.32 Å². The van der Waals surface area contributed by atoms with Crippen LogP contribution in [0.3, 0.4) is 0 Å². The molecule has 3 nitrogen and oxygen atoms in total. The van der Waals surface area contributed by atoms with E-state index in [0.717, 1.165) is 48.2 Å². The number of amides is 1. The third-order valence-electron chi connectivity index (χ3n) is 4.61. The molecular formula is C20H22BrClN2O. The zero-order valence-electron chi connectivity index (χ0n) is 14.3. The van der Waals surface area contributed by atoms with Gasteiger partial charge in [-0.2, -0.15) is 0 Å². The van der Waals surface area contributed by atoms with Gasteiger partial charge in [0, 0.05) is 28.3 Å². The van der Waals surface area contributed by atoms with E-state index in [-0.39, 0.29) is 11.8 Å². The van der Waals surface area contributed by atoms with Gasteiger partial charge in [0.15, 0.2) is 0 Å². The molecule has 1 N–H and O–H groups in total. The number of nitrogens with zero attached hydrogens (tertiary/aromatic N) is 1. The molecule has 3 rings (SSSR count). The van der Waals surface area contributed by atoms with Crippen molar-refractivity contribution in [3.63, 3.8) is 0 Å². The molecule has 0 spiro atoms. The van der Waals surface area contributed by atoms with Gasteiger partial charge in [0.05, 0.1) is 5.92 Å². The van der Waals surface area contributed by atoms with Crippen LogP contribution in [0.4, 0.5) is 5.69 Å². The van der Waals surface area contributed by atoms with Crippen molar-refractivity contribution in [2.24, 2.45) is 5.92 Å². The average Bonchev–Trinajstić information content (AvgIpc) is 2.58. The van der Waals surface area contributed by atoms with Crippen molar-refractivity contribution < 1.29 is 4.79 Å². The molecule has 1 saturated heterocycles. The molecule has 0 aromatic heterocycles. The zero-order valence-corrected chi connectivity index (χ0v) is 16.6. The number of piperidine rings is 1. The monoisotopic (exact) mass is 420 g/mol. The third kappa shape index (κ3) is 5.06. The SMILES string of the molecule is Cc1ccc(NC(=O)C2CCCN(Cc3cccc(Br)c3)C2)cc1Cl. The van der Waals surface area contributed by atoms with E-state index in [1.54, 1.807) is 0 Å². The van der Waals surface area contributed by atoms with Crippen molar-refractivity contribution in [3.8, 4) is 0 Å². The molecule has 0 bridgehead atoms. The molecule has 132 valence electrons. The smallest absolute Gasteiger partial charge is 0.228 e.